The Morgan fingerprint density at radius 1 is 0.829 bits per heavy atom. The molecule has 1 amide bonds. The van der Waals surface area contributed by atoms with Crippen molar-refractivity contribution >= 4 is 32.9 Å². The molecule has 5 rings (SSSR count). The van der Waals surface area contributed by atoms with E-state index in [0.717, 1.165) is 17.5 Å². The number of aromatic nitrogens is 1. The van der Waals surface area contributed by atoms with Crippen LogP contribution in [0.2, 0.25) is 0 Å². The van der Waals surface area contributed by atoms with Gasteiger partial charge in [-0.3, -0.25) is 14.1 Å². The van der Waals surface area contributed by atoms with Gasteiger partial charge in [-0.15, -0.1) is 0 Å². The van der Waals surface area contributed by atoms with E-state index in [0.29, 0.717) is 28.1 Å². The highest BCUT2D eigenvalue weighted by Gasteiger charge is 2.39. The fraction of sp³-hybridized carbons (Fsp3) is 0.0714. The minimum absolute atomic E-state index is 0.272. The molecule has 1 aliphatic rings. The van der Waals surface area contributed by atoms with Crippen LogP contribution in [0.5, 0.6) is 0 Å². The van der Waals surface area contributed by atoms with Gasteiger partial charge in [0.15, 0.2) is 4.91 Å². The maximum absolute atomic E-state index is 13.6. The van der Waals surface area contributed by atoms with Crippen molar-refractivity contribution in [2.75, 3.05) is 16.7 Å². The maximum Gasteiger partial charge on any atom is 0.270 e. The number of sulfonamides is 1. The number of benzene rings is 3. The summed E-state index contributed by atoms with van der Waals surface area (Å²) >= 11 is 0. The molecule has 0 bridgehead atoms. The zero-order valence-electron chi connectivity index (χ0n) is 19.0. The number of para-hydroxylation sites is 1. The zero-order valence-corrected chi connectivity index (χ0v) is 19.9. The monoisotopic (exact) mass is 481 g/mol. The minimum Gasteiger partial charge on any atom is -0.321 e. The van der Waals surface area contributed by atoms with E-state index in [9.17, 15) is 13.2 Å². The molecule has 6 nitrogen and oxygen atoms in total. The van der Waals surface area contributed by atoms with Crippen molar-refractivity contribution in [1.82, 2.24) is 4.98 Å². The molecule has 1 N–H and O–H groups in total. The Morgan fingerprint density at radius 3 is 2.17 bits per heavy atom. The third-order valence-electron chi connectivity index (χ3n) is 6.00. The molecule has 1 aliphatic heterocycles. The van der Waals surface area contributed by atoms with E-state index in [-0.39, 0.29) is 4.91 Å². The van der Waals surface area contributed by atoms with Crippen molar-refractivity contribution in [2.45, 2.75) is 6.42 Å². The number of fused-ring (bicyclic) bond motifs is 1. The molecule has 1 aromatic heterocycles. The van der Waals surface area contributed by atoms with Crippen molar-refractivity contribution in [3.05, 3.63) is 131 Å². The summed E-state index contributed by atoms with van der Waals surface area (Å²) in [5, 5.41) is 2.80. The number of carbonyl (C=O) groups excluding carboxylic acids is 1. The molecule has 0 saturated carbocycles. The Bertz CT molecular complexity index is 1510. The first-order chi connectivity index (χ1) is 16.9. The van der Waals surface area contributed by atoms with Crippen molar-refractivity contribution in [2.24, 2.45) is 0 Å². The fourth-order valence-corrected chi connectivity index (χ4v) is 5.69. The second-order valence-electron chi connectivity index (χ2n) is 8.24. The highest BCUT2D eigenvalue weighted by Crippen LogP contribution is 2.42. The zero-order chi connectivity index (χ0) is 24.4. The van der Waals surface area contributed by atoms with Crippen LogP contribution in [0.3, 0.4) is 0 Å². The quantitative estimate of drug-likeness (QED) is 0.442. The number of anilines is 2. The summed E-state index contributed by atoms with van der Waals surface area (Å²) in [4.78, 5) is 17.3. The third kappa shape index (κ3) is 4.34. The van der Waals surface area contributed by atoms with E-state index in [4.69, 9.17) is 0 Å². The molecule has 0 atom stereocenters. The van der Waals surface area contributed by atoms with E-state index in [2.05, 4.69) is 10.3 Å². The van der Waals surface area contributed by atoms with Crippen LogP contribution in [0, 0.1) is 0 Å². The van der Waals surface area contributed by atoms with Crippen LogP contribution in [0.1, 0.15) is 22.3 Å². The van der Waals surface area contributed by atoms with E-state index in [1.807, 2.05) is 66.7 Å². The fourth-order valence-electron chi connectivity index (χ4n) is 4.23. The number of amides is 1. The summed E-state index contributed by atoms with van der Waals surface area (Å²) < 4.78 is 28.3. The predicted molar refractivity (Wildman–Crippen MR) is 138 cm³/mol. The van der Waals surface area contributed by atoms with Gasteiger partial charge in [0.1, 0.15) is 0 Å². The molecule has 0 spiro atoms. The highest BCUT2D eigenvalue weighted by atomic mass is 32.2. The van der Waals surface area contributed by atoms with Gasteiger partial charge < -0.3 is 5.32 Å². The van der Waals surface area contributed by atoms with Crippen LogP contribution in [0.25, 0.3) is 5.57 Å². The molecule has 0 saturated heterocycles. The molecule has 0 radical (unpaired) electrons. The number of rotatable bonds is 5. The Labute approximate surface area is 204 Å². The van der Waals surface area contributed by atoms with Crippen LogP contribution in [0.4, 0.5) is 11.4 Å². The summed E-state index contributed by atoms with van der Waals surface area (Å²) in [6.45, 7) is 0. The molecule has 3 aromatic carbocycles. The van der Waals surface area contributed by atoms with E-state index in [1.165, 1.54) is 11.4 Å². The topological polar surface area (TPSA) is 79.4 Å². The standard InChI is InChI=1S/C28H23N3O3S/c1-31-25-10-6-5-9-24(25)26(22-7-3-2-4-8-22)27(35(31,33)34)28(32)30-23-13-11-20(12-14-23)19-21-15-17-29-18-16-21/h2-18H,19H2,1H3,(H,30,32). The summed E-state index contributed by atoms with van der Waals surface area (Å²) in [6.07, 6.45) is 4.24. The summed E-state index contributed by atoms with van der Waals surface area (Å²) in [5.41, 5.74) is 4.99. The summed E-state index contributed by atoms with van der Waals surface area (Å²) in [7, 11) is -2.62. The average molecular weight is 482 g/mol. The van der Waals surface area contributed by atoms with Crippen molar-refractivity contribution in [1.29, 1.82) is 0 Å². The minimum atomic E-state index is -4.09. The van der Waals surface area contributed by atoms with Crippen LogP contribution >= 0.6 is 0 Å². The normalized spacial score (nSPS) is 14.4. The average Bonchev–Trinajstić information content (AvgIpc) is 2.88. The van der Waals surface area contributed by atoms with Crippen LogP contribution < -0.4 is 9.62 Å². The Morgan fingerprint density at radius 2 is 1.46 bits per heavy atom. The van der Waals surface area contributed by atoms with Crippen molar-refractivity contribution < 1.29 is 13.2 Å². The predicted octanol–water partition coefficient (Wildman–Crippen LogP) is 4.85. The van der Waals surface area contributed by atoms with Gasteiger partial charge in [0.2, 0.25) is 0 Å². The first-order valence-electron chi connectivity index (χ1n) is 11.1. The number of carbonyl (C=O) groups is 1. The van der Waals surface area contributed by atoms with Crippen LogP contribution in [0.15, 0.2) is 108 Å². The number of pyridine rings is 1. The molecular weight excluding hydrogens is 458 g/mol. The first-order valence-corrected chi connectivity index (χ1v) is 12.6. The van der Waals surface area contributed by atoms with E-state index >= 15 is 0 Å². The van der Waals surface area contributed by atoms with Crippen molar-refractivity contribution in [3.8, 4) is 0 Å². The van der Waals surface area contributed by atoms with Gasteiger partial charge in [-0.05, 0) is 53.4 Å². The maximum atomic E-state index is 13.6. The number of nitrogens with one attached hydrogen (secondary N) is 1. The van der Waals surface area contributed by atoms with Gasteiger partial charge in [-0.1, -0.05) is 60.7 Å². The van der Waals surface area contributed by atoms with Gasteiger partial charge in [-0.2, -0.15) is 0 Å². The van der Waals surface area contributed by atoms with Gasteiger partial charge in [0.25, 0.3) is 15.9 Å². The molecule has 0 aliphatic carbocycles. The van der Waals surface area contributed by atoms with E-state index < -0.39 is 15.9 Å². The second kappa shape index (κ2) is 9.19. The van der Waals surface area contributed by atoms with Crippen molar-refractivity contribution in [3.63, 3.8) is 0 Å². The first kappa shape index (κ1) is 22.6. The molecule has 4 aromatic rings. The number of nitrogens with zero attached hydrogens (tertiary/aromatic N) is 2. The largest absolute Gasteiger partial charge is 0.321 e. The Hall–Kier alpha value is -4.23. The SMILES string of the molecule is CN1c2ccccc2C(c2ccccc2)=C(C(=O)Nc2ccc(Cc3ccncc3)cc2)S1(=O)=O. The number of hydrogen-bond donors (Lipinski definition) is 1. The highest BCUT2D eigenvalue weighted by molar-refractivity contribution is 7.97. The lowest BCUT2D eigenvalue weighted by Gasteiger charge is -2.30. The molecule has 174 valence electrons. The molecule has 2 heterocycles. The molecule has 35 heavy (non-hydrogen) atoms. The Balaban J connectivity index is 1.53. The molecule has 0 unspecified atom stereocenters. The lowest BCUT2D eigenvalue weighted by atomic mass is 9.95. The van der Waals surface area contributed by atoms with E-state index in [1.54, 1.807) is 36.7 Å². The lowest BCUT2D eigenvalue weighted by Crippen LogP contribution is -2.37. The lowest BCUT2D eigenvalue weighted by molar-refractivity contribution is -0.112. The van der Waals surface area contributed by atoms with Gasteiger partial charge in [-0.25, -0.2) is 8.42 Å². The molecule has 7 heteroatoms. The second-order valence-corrected chi connectivity index (χ2v) is 10.1. The van der Waals surface area contributed by atoms with Gasteiger partial charge in [0, 0.05) is 36.3 Å². The molecule has 0 fully saturated rings. The summed E-state index contributed by atoms with van der Waals surface area (Å²) in [5.74, 6) is -0.674. The van der Waals surface area contributed by atoms with Gasteiger partial charge >= 0.3 is 0 Å². The van der Waals surface area contributed by atoms with Crippen LogP contribution in [-0.2, 0) is 21.2 Å². The third-order valence-corrected chi connectivity index (χ3v) is 7.82. The summed E-state index contributed by atoms with van der Waals surface area (Å²) in [6, 6.07) is 27.6. The number of hydrogen-bond acceptors (Lipinski definition) is 4. The van der Waals surface area contributed by atoms with Gasteiger partial charge in [0.05, 0.1) is 5.69 Å². The smallest absolute Gasteiger partial charge is 0.270 e. The Kier molecular flexibility index (Phi) is 5.93. The molecular formula is C28H23N3O3S. The van der Waals surface area contributed by atoms with Crippen LogP contribution in [-0.4, -0.2) is 26.4 Å².